The van der Waals surface area contributed by atoms with Gasteiger partial charge in [-0.2, -0.15) is 0 Å². The molecule has 0 aliphatic carbocycles. The summed E-state index contributed by atoms with van der Waals surface area (Å²) in [7, 11) is 1.73. The van der Waals surface area contributed by atoms with Crippen molar-refractivity contribution in [2.45, 2.75) is 26.3 Å². The molecule has 1 aromatic carbocycles. The molecule has 0 spiro atoms. The van der Waals surface area contributed by atoms with Gasteiger partial charge in [-0.25, -0.2) is 0 Å². The Hall–Kier alpha value is -0.860. The molecule has 0 radical (unpaired) electrons. The van der Waals surface area contributed by atoms with Gasteiger partial charge in [-0.15, -0.1) is 0 Å². The summed E-state index contributed by atoms with van der Waals surface area (Å²) < 4.78 is 5.06. The van der Waals surface area contributed by atoms with E-state index < -0.39 is 0 Å². The van der Waals surface area contributed by atoms with Gasteiger partial charge in [0.2, 0.25) is 0 Å². The molecule has 2 heteroatoms. The summed E-state index contributed by atoms with van der Waals surface area (Å²) in [5, 5.41) is 3.42. The zero-order chi connectivity index (χ0) is 11.1. The molecular formula is C13H21NO. The van der Waals surface area contributed by atoms with Crippen LogP contribution in [0.3, 0.4) is 0 Å². The summed E-state index contributed by atoms with van der Waals surface area (Å²) in [6.07, 6.45) is 1.08. The topological polar surface area (TPSA) is 21.3 Å². The summed E-state index contributed by atoms with van der Waals surface area (Å²) in [6, 6.07) is 9.14. The Kier molecular flexibility index (Phi) is 5.37. The number of ether oxygens (including phenoxy) is 1. The summed E-state index contributed by atoms with van der Waals surface area (Å²) in [5.41, 5.74) is 2.71. The second-order valence-electron chi connectivity index (χ2n) is 4.05. The third kappa shape index (κ3) is 4.96. The Bertz CT molecular complexity index is 268. The lowest BCUT2D eigenvalue weighted by atomic mass is 10.1. The first-order valence-electron chi connectivity index (χ1n) is 5.50. The van der Waals surface area contributed by atoms with Crippen LogP contribution in [0.2, 0.25) is 0 Å². The molecule has 2 nitrogen and oxygen atoms in total. The molecule has 1 atom stereocenters. The number of rotatable bonds is 6. The Morgan fingerprint density at radius 3 is 2.53 bits per heavy atom. The maximum absolute atomic E-state index is 5.06. The van der Waals surface area contributed by atoms with Crippen molar-refractivity contribution in [2.75, 3.05) is 20.3 Å². The quantitative estimate of drug-likeness (QED) is 0.772. The summed E-state index contributed by atoms with van der Waals surface area (Å²) in [5.74, 6) is 0. The van der Waals surface area contributed by atoms with Gasteiger partial charge in [-0.1, -0.05) is 29.8 Å². The standard InChI is InChI=1S/C13H21NO/c1-11-4-6-13(7-5-11)8-9-14-12(2)10-15-3/h4-7,12,14H,8-10H2,1-3H3/t12-/m0/s1. The minimum Gasteiger partial charge on any atom is -0.383 e. The average molecular weight is 207 g/mol. The lowest BCUT2D eigenvalue weighted by Crippen LogP contribution is -2.31. The van der Waals surface area contributed by atoms with Gasteiger partial charge in [0, 0.05) is 13.2 Å². The van der Waals surface area contributed by atoms with Crippen LogP contribution in [0.1, 0.15) is 18.1 Å². The second kappa shape index (κ2) is 6.59. The predicted molar refractivity (Wildman–Crippen MR) is 64.2 cm³/mol. The normalized spacial score (nSPS) is 12.7. The van der Waals surface area contributed by atoms with Crippen LogP contribution in [0.15, 0.2) is 24.3 Å². The Morgan fingerprint density at radius 1 is 1.27 bits per heavy atom. The first kappa shape index (κ1) is 12.2. The van der Waals surface area contributed by atoms with E-state index in [9.17, 15) is 0 Å². The Balaban J connectivity index is 2.22. The van der Waals surface area contributed by atoms with Crippen LogP contribution in [0, 0.1) is 6.92 Å². The van der Waals surface area contributed by atoms with Crippen molar-refractivity contribution in [1.29, 1.82) is 0 Å². The molecule has 0 aliphatic rings. The third-order valence-electron chi connectivity index (χ3n) is 2.44. The number of aryl methyl sites for hydroxylation is 1. The lowest BCUT2D eigenvalue weighted by Gasteiger charge is -2.12. The van der Waals surface area contributed by atoms with E-state index in [1.165, 1.54) is 11.1 Å². The van der Waals surface area contributed by atoms with Crippen molar-refractivity contribution in [2.24, 2.45) is 0 Å². The molecule has 0 heterocycles. The molecule has 15 heavy (non-hydrogen) atoms. The molecule has 0 aromatic heterocycles. The van der Waals surface area contributed by atoms with Gasteiger partial charge in [0.1, 0.15) is 0 Å². The van der Waals surface area contributed by atoms with Gasteiger partial charge >= 0.3 is 0 Å². The van der Waals surface area contributed by atoms with Crippen molar-refractivity contribution < 1.29 is 4.74 Å². The number of hydrogen-bond acceptors (Lipinski definition) is 2. The maximum Gasteiger partial charge on any atom is 0.0613 e. The van der Waals surface area contributed by atoms with Gasteiger partial charge in [-0.05, 0) is 32.4 Å². The van der Waals surface area contributed by atoms with E-state index >= 15 is 0 Å². The number of hydrogen-bond donors (Lipinski definition) is 1. The highest BCUT2D eigenvalue weighted by Crippen LogP contribution is 2.03. The SMILES string of the molecule is COC[C@H](C)NCCc1ccc(C)cc1. The highest BCUT2D eigenvalue weighted by molar-refractivity contribution is 5.21. The zero-order valence-electron chi connectivity index (χ0n) is 9.92. The van der Waals surface area contributed by atoms with E-state index in [4.69, 9.17) is 4.74 Å². The monoisotopic (exact) mass is 207 g/mol. The molecule has 0 unspecified atom stereocenters. The Labute approximate surface area is 92.6 Å². The minimum absolute atomic E-state index is 0.431. The zero-order valence-corrected chi connectivity index (χ0v) is 9.92. The van der Waals surface area contributed by atoms with Crippen LogP contribution in [0.5, 0.6) is 0 Å². The summed E-state index contributed by atoms with van der Waals surface area (Å²) in [6.45, 7) is 6.03. The predicted octanol–water partition coefficient (Wildman–Crippen LogP) is 2.16. The fourth-order valence-electron chi connectivity index (χ4n) is 1.53. The average Bonchev–Trinajstić information content (AvgIpc) is 2.21. The van der Waals surface area contributed by atoms with Crippen molar-refractivity contribution in [3.63, 3.8) is 0 Å². The smallest absolute Gasteiger partial charge is 0.0613 e. The highest BCUT2D eigenvalue weighted by Gasteiger charge is 1.99. The van der Waals surface area contributed by atoms with Crippen LogP contribution in [-0.2, 0) is 11.2 Å². The molecular weight excluding hydrogens is 186 g/mol. The first-order chi connectivity index (χ1) is 7.22. The van der Waals surface area contributed by atoms with E-state index in [2.05, 4.69) is 43.4 Å². The molecule has 0 amide bonds. The van der Waals surface area contributed by atoms with Crippen molar-refractivity contribution in [3.8, 4) is 0 Å². The molecule has 1 N–H and O–H groups in total. The highest BCUT2D eigenvalue weighted by atomic mass is 16.5. The van der Waals surface area contributed by atoms with E-state index in [0.29, 0.717) is 6.04 Å². The molecule has 1 rings (SSSR count). The van der Waals surface area contributed by atoms with Gasteiger partial charge in [0.15, 0.2) is 0 Å². The van der Waals surface area contributed by atoms with Crippen molar-refractivity contribution in [1.82, 2.24) is 5.32 Å². The van der Waals surface area contributed by atoms with Gasteiger partial charge in [0.25, 0.3) is 0 Å². The maximum atomic E-state index is 5.06. The minimum atomic E-state index is 0.431. The molecule has 1 aromatic rings. The molecule has 84 valence electrons. The molecule has 0 saturated heterocycles. The number of nitrogens with one attached hydrogen (secondary N) is 1. The van der Waals surface area contributed by atoms with Gasteiger partial charge in [-0.3, -0.25) is 0 Å². The van der Waals surface area contributed by atoms with Gasteiger partial charge in [0.05, 0.1) is 6.61 Å². The van der Waals surface area contributed by atoms with E-state index in [1.807, 2.05) is 0 Å². The van der Waals surface area contributed by atoms with E-state index in [1.54, 1.807) is 7.11 Å². The fourth-order valence-corrected chi connectivity index (χ4v) is 1.53. The second-order valence-corrected chi connectivity index (χ2v) is 4.05. The van der Waals surface area contributed by atoms with Crippen LogP contribution >= 0.6 is 0 Å². The first-order valence-corrected chi connectivity index (χ1v) is 5.50. The largest absolute Gasteiger partial charge is 0.383 e. The van der Waals surface area contributed by atoms with Crippen molar-refractivity contribution >= 4 is 0 Å². The van der Waals surface area contributed by atoms with E-state index in [0.717, 1.165) is 19.6 Å². The number of benzene rings is 1. The summed E-state index contributed by atoms with van der Waals surface area (Å²) >= 11 is 0. The molecule has 0 bridgehead atoms. The molecule has 0 saturated carbocycles. The van der Waals surface area contributed by atoms with Crippen molar-refractivity contribution in [3.05, 3.63) is 35.4 Å². The third-order valence-corrected chi connectivity index (χ3v) is 2.44. The fraction of sp³-hybridized carbons (Fsp3) is 0.538. The van der Waals surface area contributed by atoms with Crippen LogP contribution in [0.4, 0.5) is 0 Å². The Morgan fingerprint density at radius 2 is 1.93 bits per heavy atom. The summed E-state index contributed by atoms with van der Waals surface area (Å²) in [4.78, 5) is 0. The van der Waals surface area contributed by atoms with E-state index in [-0.39, 0.29) is 0 Å². The molecule has 0 fully saturated rings. The molecule has 0 aliphatic heterocycles. The van der Waals surface area contributed by atoms with Gasteiger partial charge < -0.3 is 10.1 Å². The number of methoxy groups -OCH3 is 1. The van der Waals surface area contributed by atoms with Crippen LogP contribution in [-0.4, -0.2) is 26.3 Å². The van der Waals surface area contributed by atoms with Crippen LogP contribution < -0.4 is 5.32 Å². The van der Waals surface area contributed by atoms with Crippen LogP contribution in [0.25, 0.3) is 0 Å². The lowest BCUT2D eigenvalue weighted by molar-refractivity contribution is 0.172.